The first-order valence-electron chi connectivity index (χ1n) is 5.17. The highest BCUT2D eigenvalue weighted by molar-refractivity contribution is 7.13. The third-order valence-corrected chi connectivity index (χ3v) is 3.29. The molecule has 0 spiro atoms. The molecule has 3 aromatic rings. The molecule has 0 atom stereocenters. The molecule has 0 aliphatic carbocycles. The number of hydrogen-bond acceptors (Lipinski definition) is 5. The van der Waals surface area contributed by atoms with Crippen molar-refractivity contribution in [1.82, 2.24) is 19.7 Å². The van der Waals surface area contributed by atoms with Gasteiger partial charge in [0.05, 0.1) is 11.4 Å². The summed E-state index contributed by atoms with van der Waals surface area (Å²) >= 11 is 1.59. The third kappa shape index (κ3) is 1.99. The van der Waals surface area contributed by atoms with Crippen molar-refractivity contribution in [3.8, 4) is 10.8 Å². The lowest BCUT2D eigenvalue weighted by molar-refractivity contribution is 0.421. The van der Waals surface area contributed by atoms with Gasteiger partial charge in [-0.3, -0.25) is 0 Å². The van der Waals surface area contributed by atoms with E-state index in [4.69, 9.17) is 4.52 Å². The minimum atomic E-state index is 0.577. The zero-order chi connectivity index (χ0) is 11.7. The molecule has 0 amide bonds. The molecule has 0 saturated carbocycles. The molecule has 0 aliphatic heterocycles. The average molecular weight is 246 g/mol. The van der Waals surface area contributed by atoms with Gasteiger partial charge in [0.15, 0.2) is 5.82 Å². The number of imidazole rings is 1. The highest BCUT2D eigenvalue weighted by Crippen LogP contribution is 2.22. The van der Waals surface area contributed by atoms with E-state index in [0.29, 0.717) is 18.3 Å². The largest absolute Gasteiger partial charge is 0.333 e. The molecule has 0 fully saturated rings. The predicted octanol–water partition coefficient (Wildman–Crippen LogP) is 2.35. The Bertz CT molecular complexity index is 611. The maximum atomic E-state index is 5.21. The first-order valence-corrected chi connectivity index (χ1v) is 6.05. The number of rotatable bonds is 3. The predicted molar refractivity (Wildman–Crippen MR) is 63.7 cm³/mol. The van der Waals surface area contributed by atoms with Gasteiger partial charge >= 0.3 is 0 Å². The molecule has 0 radical (unpaired) electrons. The maximum absolute atomic E-state index is 5.21. The van der Waals surface area contributed by atoms with Crippen LogP contribution < -0.4 is 0 Å². The Hall–Kier alpha value is -1.95. The van der Waals surface area contributed by atoms with Gasteiger partial charge < -0.3 is 9.09 Å². The van der Waals surface area contributed by atoms with Crippen LogP contribution in [0.15, 0.2) is 34.4 Å². The minimum Gasteiger partial charge on any atom is -0.333 e. The van der Waals surface area contributed by atoms with Crippen LogP contribution in [0.3, 0.4) is 0 Å². The van der Waals surface area contributed by atoms with E-state index < -0.39 is 0 Å². The van der Waals surface area contributed by atoms with Gasteiger partial charge in [-0.2, -0.15) is 4.98 Å². The maximum Gasteiger partial charge on any atom is 0.268 e. The lowest BCUT2D eigenvalue weighted by atomic mass is 10.4. The summed E-state index contributed by atoms with van der Waals surface area (Å²) in [6.07, 6.45) is 3.66. The Morgan fingerprint density at radius 3 is 3.12 bits per heavy atom. The van der Waals surface area contributed by atoms with Crippen LogP contribution in [0.1, 0.15) is 11.6 Å². The lowest BCUT2D eigenvalue weighted by Gasteiger charge is -1.98. The van der Waals surface area contributed by atoms with E-state index in [1.165, 1.54) is 0 Å². The Morgan fingerprint density at radius 2 is 2.41 bits per heavy atom. The molecule has 3 heterocycles. The molecule has 6 heteroatoms. The van der Waals surface area contributed by atoms with Crippen LogP contribution >= 0.6 is 11.3 Å². The first-order chi connectivity index (χ1) is 8.33. The summed E-state index contributed by atoms with van der Waals surface area (Å²) in [6, 6.07) is 3.92. The summed E-state index contributed by atoms with van der Waals surface area (Å²) in [5.41, 5.74) is 0. The summed E-state index contributed by atoms with van der Waals surface area (Å²) in [5.74, 6) is 2.18. The van der Waals surface area contributed by atoms with Gasteiger partial charge in [-0.05, 0) is 18.4 Å². The second-order valence-electron chi connectivity index (χ2n) is 3.60. The standard InChI is InChI=1S/C11H10N4OS/c1-8-12-4-5-15(8)7-10-13-11(16-14-10)9-3-2-6-17-9/h2-6H,7H2,1H3. The van der Waals surface area contributed by atoms with E-state index in [2.05, 4.69) is 15.1 Å². The molecule has 17 heavy (non-hydrogen) atoms. The zero-order valence-corrected chi connectivity index (χ0v) is 10.0. The molecular formula is C11H10N4OS. The van der Waals surface area contributed by atoms with Crippen molar-refractivity contribution in [2.45, 2.75) is 13.5 Å². The molecular weight excluding hydrogens is 236 g/mol. The van der Waals surface area contributed by atoms with Crippen molar-refractivity contribution in [2.24, 2.45) is 0 Å². The van der Waals surface area contributed by atoms with E-state index in [-0.39, 0.29) is 0 Å². The second-order valence-corrected chi connectivity index (χ2v) is 4.54. The second kappa shape index (κ2) is 4.14. The minimum absolute atomic E-state index is 0.577. The number of aromatic nitrogens is 4. The molecule has 0 bridgehead atoms. The fourth-order valence-corrected chi connectivity index (χ4v) is 2.19. The summed E-state index contributed by atoms with van der Waals surface area (Å²) in [4.78, 5) is 9.49. The van der Waals surface area contributed by atoms with E-state index in [1.54, 1.807) is 17.5 Å². The van der Waals surface area contributed by atoms with Gasteiger partial charge in [0.25, 0.3) is 5.89 Å². The fourth-order valence-electron chi connectivity index (χ4n) is 1.54. The van der Waals surface area contributed by atoms with Gasteiger partial charge in [-0.1, -0.05) is 11.2 Å². The monoisotopic (exact) mass is 246 g/mol. The molecule has 0 aliphatic rings. The summed E-state index contributed by atoms with van der Waals surface area (Å²) < 4.78 is 7.19. The Labute approximate surface area is 102 Å². The van der Waals surface area contributed by atoms with Crippen LogP contribution in [-0.2, 0) is 6.54 Å². The van der Waals surface area contributed by atoms with Crippen LogP contribution in [0.25, 0.3) is 10.8 Å². The van der Waals surface area contributed by atoms with Gasteiger partial charge in [0.2, 0.25) is 0 Å². The van der Waals surface area contributed by atoms with E-state index in [9.17, 15) is 0 Å². The Kier molecular flexibility index (Phi) is 2.49. The van der Waals surface area contributed by atoms with Crippen molar-refractivity contribution in [3.63, 3.8) is 0 Å². The van der Waals surface area contributed by atoms with E-state index >= 15 is 0 Å². The topological polar surface area (TPSA) is 56.7 Å². The van der Waals surface area contributed by atoms with Crippen molar-refractivity contribution < 1.29 is 4.52 Å². The van der Waals surface area contributed by atoms with Gasteiger partial charge in [0.1, 0.15) is 5.82 Å². The van der Waals surface area contributed by atoms with E-state index in [1.807, 2.05) is 35.2 Å². The highest BCUT2D eigenvalue weighted by atomic mass is 32.1. The van der Waals surface area contributed by atoms with Crippen molar-refractivity contribution in [2.75, 3.05) is 0 Å². The summed E-state index contributed by atoms with van der Waals surface area (Å²) in [6.45, 7) is 2.53. The molecule has 86 valence electrons. The van der Waals surface area contributed by atoms with Crippen LogP contribution in [0, 0.1) is 6.92 Å². The third-order valence-electron chi connectivity index (χ3n) is 2.44. The number of nitrogens with zero attached hydrogens (tertiary/aromatic N) is 4. The van der Waals surface area contributed by atoms with E-state index in [0.717, 1.165) is 10.7 Å². The molecule has 0 N–H and O–H groups in total. The molecule has 5 nitrogen and oxygen atoms in total. The van der Waals surface area contributed by atoms with Crippen LogP contribution in [0.2, 0.25) is 0 Å². The van der Waals surface area contributed by atoms with Gasteiger partial charge in [-0.25, -0.2) is 4.98 Å². The molecule has 0 unspecified atom stereocenters. The smallest absolute Gasteiger partial charge is 0.268 e. The van der Waals surface area contributed by atoms with Crippen molar-refractivity contribution in [3.05, 3.63) is 41.6 Å². The molecule has 3 aromatic heterocycles. The lowest BCUT2D eigenvalue weighted by Crippen LogP contribution is -2.02. The number of hydrogen-bond donors (Lipinski definition) is 0. The number of aryl methyl sites for hydroxylation is 1. The van der Waals surface area contributed by atoms with Crippen molar-refractivity contribution in [1.29, 1.82) is 0 Å². The highest BCUT2D eigenvalue weighted by Gasteiger charge is 2.10. The van der Waals surface area contributed by atoms with Gasteiger partial charge in [-0.15, -0.1) is 11.3 Å². The summed E-state index contributed by atoms with van der Waals surface area (Å²) in [5, 5.41) is 5.95. The molecule has 0 saturated heterocycles. The molecule has 0 aromatic carbocycles. The van der Waals surface area contributed by atoms with Crippen LogP contribution in [0.4, 0.5) is 0 Å². The zero-order valence-electron chi connectivity index (χ0n) is 9.20. The van der Waals surface area contributed by atoms with Crippen molar-refractivity contribution >= 4 is 11.3 Å². The first kappa shape index (κ1) is 10.2. The Morgan fingerprint density at radius 1 is 1.47 bits per heavy atom. The van der Waals surface area contributed by atoms with Crippen LogP contribution in [0.5, 0.6) is 0 Å². The summed E-state index contributed by atoms with van der Waals surface area (Å²) in [7, 11) is 0. The Balaban J connectivity index is 1.84. The molecule has 3 rings (SSSR count). The SMILES string of the molecule is Cc1nccn1Cc1noc(-c2cccs2)n1. The number of thiophene rings is 1. The van der Waals surface area contributed by atoms with Crippen LogP contribution in [-0.4, -0.2) is 19.7 Å². The average Bonchev–Trinajstić information content (AvgIpc) is 3.02. The fraction of sp³-hybridized carbons (Fsp3) is 0.182. The van der Waals surface area contributed by atoms with Gasteiger partial charge in [0, 0.05) is 12.4 Å². The normalized spacial score (nSPS) is 10.9. The quantitative estimate of drug-likeness (QED) is 0.711.